The highest BCUT2D eigenvalue weighted by Gasteiger charge is 2.32. The van der Waals surface area contributed by atoms with Gasteiger partial charge in [-0.3, -0.25) is 4.79 Å². The van der Waals surface area contributed by atoms with Crippen molar-refractivity contribution in [2.24, 2.45) is 5.73 Å². The number of hydrogen-bond acceptors (Lipinski definition) is 2. The van der Waals surface area contributed by atoms with Crippen LogP contribution in [0.4, 0.5) is 0 Å². The molecule has 2 N–H and O–H groups in total. The Morgan fingerprint density at radius 1 is 1.39 bits per heavy atom. The van der Waals surface area contributed by atoms with Crippen molar-refractivity contribution >= 4 is 5.91 Å². The third-order valence-electron chi connectivity index (χ3n) is 3.21. The highest BCUT2D eigenvalue weighted by Crippen LogP contribution is 2.28. The average molecular weight is 244 g/mol. The molecular weight excluding hydrogens is 224 g/mol. The number of benzene rings is 1. The summed E-state index contributed by atoms with van der Waals surface area (Å²) in [7, 11) is 0. The number of carbonyl (C=O) groups is 1. The summed E-state index contributed by atoms with van der Waals surface area (Å²) in [6, 6.07) is 8.18. The lowest BCUT2D eigenvalue weighted by molar-refractivity contribution is 0.0762. The minimum Gasteiger partial charge on any atom is -0.332 e. The van der Waals surface area contributed by atoms with E-state index in [1.165, 1.54) is 5.56 Å². The van der Waals surface area contributed by atoms with Gasteiger partial charge in [-0.25, -0.2) is 0 Å². The lowest BCUT2D eigenvalue weighted by Gasteiger charge is -2.20. The van der Waals surface area contributed by atoms with Gasteiger partial charge in [0.15, 0.2) is 0 Å². The molecule has 1 aliphatic rings. The van der Waals surface area contributed by atoms with Crippen LogP contribution >= 0.6 is 0 Å². The summed E-state index contributed by atoms with van der Waals surface area (Å²) in [5.74, 6) is 0.108. The van der Waals surface area contributed by atoms with Crippen LogP contribution in [0.5, 0.6) is 0 Å². The van der Waals surface area contributed by atoms with Crippen LogP contribution in [0, 0.1) is 0 Å². The molecule has 0 unspecified atom stereocenters. The largest absolute Gasteiger partial charge is 0.332 e. The van der Waals surface area contributed by atoms with Gasteiger partial charge in [-0.1, -0.05) is 18.2 Å². The zero-order valence-corrected chi connectivity index (χ0v) is 10.6. The van der Waals surface area contributed by atoms with E-state index in [1.54, 1.807) is 6.08 Å². The maximum absolute atomic E-state index is 12.3. The fraction of sp³-hybridized carbons (Fsp3) is 0.400. The Bertz CT molecular complexity index is 421. The molecule has 3 nitrogen and oxygen atoms in total. The van der Waals surface area contributed by atoms with E-state index in [1.807, 2.05) is 29.2 Å². The molecule has 1 aromatic rings. The molecule has 1 aromatic carbocycles. The Morgan fingerprint density at radius 3 is 2.56 bits per heavy atom. The van der Waals surface area contributed by atoms with E-state index in [4.69, 9.17) is 5.73 Å². The Kier molecular flexibility index (Phi) is 4.15. The fourth-order valence-corrected chi connectivity index (χ4v) is 2.07. The normalized spacial score (nSPS) is 14.3. The smallest absolute Gasteiger partial charge is 0.254 e. The van der Waals surface area contributed by atoms with E-state index in [9.17, 15) is 4.79 Å². The molecule has 0 radical (unpaired) electrons. The predicted molar refractivity (Wildman–Crippen MR) is 73.5 cm³/mol. The molecule has 0 bridgehead atoms. The van der Waals surface area contributed by atoms with Crippen LogP contribution in [0.1, 0.15) is 28.8 Å². The molecule has 1 fully saturated rings. The third-order valence-corrected chi connectivity index (χ3v) is 3.21. The number of rotatable bonds is 6. The van der Waals surface area contributed by atoms with Crippen LogP contribution in [0.3, 0.4) is 0 Å². The van der Waals surface area contributed by atoms with Crippen molar-refractivity contribution in [1.29, 1.82) is 0 Å². The van der Waals surface area contributed by atoms with Crippen LogP contribution < -0.4 is 5.73 Å². The lowest BCUT2D eigenvalue weighted by atomic mass is 10.1. The average Bonchev–Trinajstić information content (AvgIpc) is 3.21. The van der Waals surface area contributed by atoms with E-state index in [2.05, 4.69) is 6.58 Å². The third kappa shape index (κ3) is 2.99. The first kappa shape index (κ1) is 12.8. The van der Waals surface area contributed by atoms with Gasteiger partial charge >= 0.3 is 0 Å². The minimum absolute atomic E-state index is 0.108. The molecule has 0 saturated heterocycles. The molecule has 0 aromatic heterocycles. The van der Waals surface area contributed by atoms with Crippen LogP contribution in [-0.2, 0) is 6.42 Å². The standard InChI is InChI=1S/C15H20N2O/c1-2-11-17(14-7-8-14)15(18)13-5-3-12(4-6-13)9-10-16/h2-6,14H,1,7-11,16H2. The highest BCUT2D eigenvalue weighted by atomic mass is 16.2. The van der Waals surface area contributed by atoms with Gasteiger partial charge in [0.1, 0.15) is 0 Å². The number of nitrogens with two attached hydrogens (primary N) is 1. The van der Waals surface area contributed by atoms with E-state index in [-0.39, 0.29) is 5.91 Å². The maximum atomic E-state index is 12.3. The molecule has 3 heteroatoms. The summed E-state index contributed by atoms with van der Waals surface area (Å²) in [5, 5.41) is 0. The summed E-state index contributed by atoms with van der Waals surface area (Å²) in [6.45, 7) is 4.99. The molecule has 0 atom stereocenters. The second-order valence-corrected chi connectivity index (χ2v) is 4.71. The molecule has 1 saturated carbocycles. The Labute approximate surface area is 108 Å². The minimum atomic E-state index is 0.108. The van der Waals surface area contributed by atoms with Gasteiger partial charge in [-0.2, -0.15) is 0 Å². The summed E-state index contributed by atoms with van der Waals surface area (Å²) in [6.07, 6.45) is 4.88. The molecule has 1 aliphatic carbocycles. The highest BCUT2D eigenvalue weighted by molar-refractivity contribution is 5.94. The zero-order valence-electron chi connectivity index (χ0n) is 10.6. The Balaban J connectivity index is 2.08. The molecule has 0 heterocycles. The van der Waals surface area contributed by atoms with Crippen molar-refractivity contribution in [1.82, 2.24) is 4.90 Å². The molecule has 2 rings (SSSR count). The number of nitrogens with zero attached hydrogens (tertiary/aromatic N) is 1. The second-order valence-electron chi connectivity index (χ2n) is 4.71. The van der Waals surface area contributed by atoms with Crippen molar-refractivity contribution < 1.29 is 4.79 Å². The molecule has 18 heavy (non-hydrogen) atoms. The van der Waals surface area contributed by atoms with Gasteiger partial charge in [-0.05, 0) is 43.5 Å². The van der Waals surface area contributed by atoms with Gasteiger partial charge in [0.05, 0.1) is 0 Å². The van der Waals surface area contributed by atoms with E-state index in [0.717, 1.165) is 24.8 Å². The van der Waals surface area contributed by atoms with Crippen molar-refractivity contribution in [3.8, 4) is 0 Å². The molecule has 1 amide bonds. The van der Waals surface area contributed by atoms with Crippen molar-refractivity contribution in [2.45, 2.75) is 25.3 Å². The van der Waals surface area contributed by atoms with Crippen LogP contribution in [0.15, 0.2) is 36.9 Å². The van der Waals surface area contributed by atoms with Gasteiger partial charge in [0.25, 0.3) is 5.91 Å². The quantitative estimate of drug-likeness (QED) is 0.778. The van der Waals surface area contributed by atoms with Gasteiger partial charge < -0.3 is 10.6 Å². The van der Waals surface area contributed by atoms with Crippen molar-refractivity contribution in [2.75, 3.05) is 13.1 Å². The first-order valence-electron chi connectivity index (χ1n) is 6.47. The zero-order chi connectivity index (χ0) is 13.0. The first-order chi connectivity index (χ1) is 8.76. The van der Waals surface area contributed by atoms with Crippen LogP contribution in [-0.4, -0.2) is 29.9 Å². The van der Waals surface area contributed by atoms with Gasteiger partial charge in [0.2, 0.25) is 0 Å². The molecule has 96 valence electrons. The summed E-state index contributed by atoms with van der Waals surface area (Å²) >= 11 is 0. The SMILES string of the molecule is C=CCN(C(=O)c1ccc(CCN)cc1)C1CC1. The van der Waals surface area contributed by atoms with Gasteiger partial charge in [0, 0.05) is 18.2 Å². The van der Waals surface area contributed by atoms with Crippen molar-refractivity contribution in [3.63, 3.8) is 0 Å². The predicted octanol–water partition coefficient (Wildman–Crippen LogP) is 1.98. The fourth-order valence-electron chi connectivity index (χ4n) is 2.07. The van der Waals surface area contributed by atoms with E-state index < -0.39 is 0 Å². The van der Waals surface area contributed by atoms with Gasteiger partial charge in [-0.15, -0.1) is 6.58 Å². The van der Waals surface area contributed by atoms with E-state index >= 15 is 0 Å². The van der Waals surface area contributed by atoms with Crippen LogP contribution in [0.2, 0.25) is 0 Å². The Hall–Kier alpha value is -1.61. The molecular formula is C15H20N2O. The number of amides is 1. The number of hydrogen-bond donors (Lipinski definition) is 1. The van der Waals surface area contributed by atoms with Crippen molar-refractivity contribution in [3.05, 3.63) is 48.0 Å². The molecule has 0 spiro atoms. The maximum Gasteiger partial charge on any atom is 0.254 e. The van der Waals surface area contributed by atoms with E-state index in [0.29, 0.717) is 19.1 Å². The second kappa shape index (κ2) is 5.83. The number of carbonyl (C=O) groups excluding carboxylic acids is 1. The first-order valence-corrected chi connectivity index (χ1v) is 6.47. The lowest BCUT2D eigenvalue weighted by Crippen LogP contribution is -2.33. The van der Waals surface area contributed by atoms with Crippen LogP contribution in [0.25, 0.3) is 0 Å². The summed E-state index contributed by atoms with van der Waals surface area (Å²) < 4.78 is 0. The Morgan fingerprint density at radius 2 is 2.06 bits per heavy atom. The summed E-state index contributed by atoms with van der Waals surface area (Å²) in [5.41, 5.74) is 7.44. The molecule has 0 aliphatic heterocycles. The topological polar surface area (TPSA) is 46.3 Å². The summed E-state index contributed by atoms with van der Waals surface area (Å²) in [4.78, 5) is 14.2. The monoisotopic (exact) mass is 244 g/mol.